The average Bonchev–Trinajstić information content (AvgIpc) is 3.07. The predicted molar refractivity (Wildman–Crippen MR) is 103 cm³/mol. The van der Waals surface area contributed by atoms with Crippen LogP contribution in [0.15, 0.2) is 65.6 Å². The number of hydrogen-bond acceptors (Lipinski definition) is 4. The number of sulfonamides is 1. The molecule has 1 atom stereocenters. The maximum absolute atomic E-state index is 12.7. The van der Waals surface area contributed by atoms with E-state index in [1.165, 1.54) is 18.2 Å². The number of anilines is 1. The summed E-state index contributed by atoms with van der Waals surface area (Å²) < 4.78 is 28.0. The van der Waals surface area contributed by atoms with Crippen LogP contribution in [-0.2, 0) is 10.0 Å². The number of nitrogens with one attached hydrogen (secondary N) is 3. The highest BCUT2D eigenvalue weighted by Gasteiger charge is 2.20. The summed E-state index contributed by atoms with van der Waals surface area (Å²) in [5, 5.41) is 9.29. The average molecular weight is 384 g/mol. The fourth-order valence-electron chi connectivity index (χ4n) is 2.59. The molecule has 0 aliphatic carbocycles. The van der Waals surface area contributed by atoms with Crippen molar-refractivity contribution in [3.8, 4) is 0 Å². The number of aryl methyl sites for hydroxylation is 1. The molecule has 3 N–H and O–H groups in total. The quantitative estimate of drug-likeness (QED) is 0.608. The summed E-state index contributed by atoms with van der Waals surface area (Å²) in [7, 11) is -3.78. The molecule has 7 nitrogen and oxygen atoms in total. The van der Waals surface area contributed by atoms with Gasteiger partial charge in [0.05, 0.1) is 4.90 Å². The van der Waals surface area contributed by atoms with Gasteiger partial charge in [0.2, 0.25) is 10.0 Å². The number of carbonyl (C=O) groups excluding carboxylic acids is 1. The van der Waals surface area contributed by atoms with Crippen molar-refractivity contribution in [2.45, 2.75) is 24.8 Å². The number of H-pyrrole nitrogens is 1. The van der Waals surface area contributed by atoms with Crippen LogP contribution in [0.2, 0.25) is 0 Å². The molecule has 0 radical (unpaired) electrons. The molecule has 0 spiro atoms. The van der Waals surface area contributed by atoms with E-state index in [-0.39, 0.29) is 10.5 Å². The van der Waals surface area contributed by atoms with E-state index in [9.17, 15) is 13.2 Å². The lowest BCUT2D eigenvalue weighted by atomic mass is 10.1. The third-order valence-corrected chi connectivity index (χ3v) is 5.52. The summed E-state index contributed by atoms with van der Waals surface area (Å²) >= 11 is 0. The number of hydrogen-bond donors (Lipinski definition) is 3. The lowest BCUT2D eigenvalue weighted by molar-refractivity contribution is 0.102. The normalized spacial score (nSPS) is 12.5. The minimum atomic E-state index is -3.78. The standard InChI is InChI=1S/C19H20N4O3S/c1-13-11-18(22-21-13)20-19(24)16-9-6-10-17(12-16)27(25,26)23-14(2)15-7-4-3-5-8-15/h3-12,14,23H,1-2H3,(H2,20,21,22,24). The van der Waals surface area contributed by atoms with Crippen LogP contribution in [0, 0.1) is 6.92 Å². The van der Waals surface area contributed by atoms with Crippen molar-refractivity contribution in [1.82, 2.24) is 14.9 Å². The van der Waals surface area contributed by atoms with Gasteiger partial charge in [0, 0.05) is 23.4 Å². The molecule has 140 valence electrons. The summed E-state index contributed by atoms with van der Waals surface area (Å²) in [6, 6.07) is 16.4. The number of carbonyl (C=O) groups is 1. The van der Waals surface area contributed by atoms with Gasteiger partial charge in [-0.2, -0.15) is 5.10 Å². The van der Waals surface area contributed by atoms with Gasteiger partial charge in [-0.1, -0.05) is 36.4 Å². The summed E-state index contributed by atoms with van der Waals surface area (Å²) in [6.45, 7) is 3.58. The van der Waals surface area contributed by atoms with Gasteiger partial charge in [0.15, 0.2) is 5.82 Å². The SMILES string of the molecule is Cc1cc(NC(=O)c2cccc(S(=O)(=O)NC(C)c3ccccc3)c2)n[nH]1. The zero-order valence-electron chi connectivity index (χ0n) is 14.9. The van der Waals surface area contributed by atoms with Crippen molar-refractivity contribution in [3.05, 3.63) is 77.5 Å². The van der Waals surface area contributed by atoms with E-state index in [0.29, 0.717) is 5.82 Å². The third-order valence-electron chi connectivity index (χ3n) is 3.99. The number of aromatic nitrogens is 2. The Bertz CT molecular complexity index is 1050. The zero-order valence-corrected chi connectivity index (χ0v) is 15.7. The van der Waals surface area contributed by atoms with E-state index < -0.39 is 22.0 Å². The summed E-state index contributed by atoms with van der Waals surface area (Å²) in [5.74, 6) is -0.0590. The first kappa shape index (κ1) is 18.8. The molecule has 1 aromatic heterocycles. The predicted octanol–water partition coefficient (Wildman–Crippen LogP) is 3.01. The van der Waals surface area contributed by atoms with Gasteiger partial charge in [-0.15, -0.1) is 0 Å². The maximum Gasteiger partial charge on any atom is 0.256 e. The first-order chi connectivity index (χ1) is 12.8. The fourth-order valence-corrected chi connectivity index (χ4v) is 3.86. The molecule has 27 heavy (non-hydrogen) atoms. The Morgan fingerprint density at radius 1 is 1.07 bits per heavy atom. The first-order valence-electron chi connectivity index (χ1n) is 8.36. The van der Waals surface area contributed by atoms with Gasteiger partial charge in [0.1, 0.15) is 0 Å². The molecule has 0 saturated heterocycles. The topological polar surface area (TPSA) is 104 Å². The number of amides is 1. The molecule has 0 bridgehead atoms. The second-order valence-electron chi connectivity index (χ2n) is 6.17. The van der Waals surface area contributed by atoms with E-state index in [2.05, 4.69) is 20.2 Å². The highest BCUT2D eigenvalue weighted by atomic mass is 32.2. The Hall–Kier alpha value is -2.97. The fraction of sp³-hybridized carbons (Fsp3) is 0.158. The van der Waals surface area contributed by atoms with Crippen LogP contribution < -0.4 is 10.0 Å². The summed E-state index contributed by atoms with van der Waals surface area (Å²) in [5.41, 5.74) is 1.88. The molecular weight excluding hydrogens is 364 g/mol. The second kappa shape index (κ2) is 7.73. The maximum atomic E-state index is 12.7. The van der Waals surface area contributed by atoms with E-state index in [4.69, 9.17) is 0 Å². The van der Waals surface area contributed by atoms with Crippen molar-refractivity contribution in [2.24, 2.45) is 0 Å². The third kappa shape index (κ3) is 4.60. The molecule has 8 heteroatoms. The van der Waals surface area contributed by atoms with Crippen LogP contribution in [0.25, 0.3) is 0 Å². The Labute approximate surface area is 157 Å². The molecule has 0 fully saturated rings. The minimum absolute atomic E-state index is 0.0242. The van der Waals surface area contributed by atoms with Gasteiger partial charge in [-0.25, -0.2) is 13.1 Å². The Balaban J connectivity index is 1.78. The Morgan fingerprint density at radius 2 is 1.81 bits per heavy atom. The number of rotatable bonds is 6. The minimum Gasteiger partial charge on any atom is -0.305 e. The zero-order chi connectivity index (χ0) is 19.4. The number of benzene rings is 2. The van der Waals surface area contributed by atoms with Crippen LogP contribution >= 0.6 is 0 Å². The van der Waals surface area contributed by atoms with E-state index in [0.717, 1.165) is 11.3 Å². The molecular formula is C19H20N4O3S. The van der Waals surface area contributed by atoms with Crippen molar-refractivity contribution < 1.29 is 13.2 Å². The van der Waals surface area contributed by atoms with Crippen molar-refractivity contribution in [1.29, 1.82) is 0 Å². The lowest BCUT2D eigenvalue weighted by Crippen LogP contribution is -2.27. The van der Waals surface area contributed by atoms with Gasteiger partial charge < -0.3 is 5.32 Å². The lowest BCUT2D eigenvalue weighted by Gasteiger charge is -2.15. The largest absolute Gasteiger partial charge is 0.305 e. The number of nitrogens with zero attached hydrogens (tertiary/aromatic N) is 1. The van der Waals surface area contributed by atoms with Crippen LogP contribution in [0.4, 0.5) is 5.82 Å². The van der Waals surface area contributed by atoms with Crippen LogP contribution in [0.1, 0.15) is 34.6 Å². The van der Waals surface area contributed by atoms with Crippen LogP contribution in [0.5, 0.6) is 0 Å². The first-order valence-corrected chi connectivity index (χ1v) is 9.84. The van der Waals surface area contributed by atoms with Crippen molar-refractivity contribution in [3.63, 3.8) is 0 Å². The van der Waals surface area contributed by atoms with Gasteiger partial charge in [-0.3, -0.25) is 9.89 Å². The van der Waals surface area contributed by atoms with Crippen molar-refractivity contribution in [2.75, 3.05) is 5.32 Å². The molecule has 3 aromatic rings. The summed E-state index contributed by atoms with van der Waals surface area (Å²) in [4.78, 5) is 12.4. The monoisotopic (exact) mass is 384 g/mol. The van der Waals surface area contributed by atoms with E-state index in [1.807, 2.05) is 37.3 Å². The smallest absolute Gasteiger partial charge is 0.256 e. The van der Waals surface area contributed by atoms with Crippen molar-refractivity contribution >= 4 is 21.7 Å². The highest BCUT2D eigenvalue weighted by Crippen LogP contribution is 2.18. The van der Waals surface area contributed by atoms with Gasteiger partial charge in [-0.05, 0) is 37.6 Å². The molecule has 2 aromatic carbocycles. The second-order valence-corrected chi connectivity index (χ2v) is 7.89. The molecule has 0 saturated carbocycles. The molecule has 3 rings (SSSR count). The van der Waals surface area contributed by atoms with Crippen LogP contribution in [-0.4, -0.2) is 24.5 Å². The molecule has 1 heterocycles. The van der Waals surface area contributed by atoms with Gasteiger partial charge in [0.25, 0.3) is 5.91 Å². The number of aromatic amines is 1. The van der Waals surface area contributed by atoms with E-state index >= 15 is 0 Å². The van der Waals surface area contributed by atoms with E-state index in [1.54, 1.807) is 19.1 Å². The summed E-state index contributed by atoms with van der Waals surface area (Å²) in [6.07, 6.45) is 0. The Kier molecular flexibility index (Phi) is 5.38. The molecule has 0 aliphatic rings. The highest BCUT2D eigenvalue weighted by molar-refractivity contribution is 7.89. The molecule has 0 aliphatic heterocycles. The molecule has 1 amide bonds. The Morgan fingerprint density at radius 3 is 2.48 bits per heavy atom. The van der Waals surface area contributed by atoms with Gasteiger partial charge >= 0.3 is 0 Å². The molecule has 1 unspecified atom stereocenters. The van der Waals surface area contributed by atoms with Crippen LogP contribution in [0.3, 0.4) is 0 Å².